The molecule has 0 aliphatic carbocycles. The second-order valence-corrected chi connectivity index (χ2v) is 7.13. The summed E-state index contributed by atoms with van der Waals surface area (Å²) in [5.74, 6) is 0.958. The summed E-state index contributed by atoms with van der Waals surface area (Å²) in [7, 11) is 0. The van der Waals surface area contributed by atoms with Gasteiger partial charge in [0.25, 0.3) is 0 Å². The van der Waals surface area contributed by atoms with Gasteiger partial charge in [-0.3, -0.25) is 9.69 Å². The summed E-state index contributed by atoms with van der Waals surface area (Å²) in [5, 5.41) is 9.75. The van der Waals surface area contributed by atoms with Crippen molar-refractivity contribution in [3.05, 3.63) is 47.2 Å². The van der Waals surface area contributed by atoms with Gasteiger partial charge in [0.2, 0.25) is 0 Å². The molecule has 0 aromatic carbocycles. The number of Topliss-reactive ketones (excluding diaryl/α,β-unsaturated/α-hetero) is 1. The number of hydrogen-bond acceptors (Lipinski definition) is 4. The minimum absolute atomic E-state index is 0.0909. The van der Waals surface area contributed by atoms with Gasteiger partial charge in [0, 0.05) is 29.5 Å². The number of carbonyl (C=O) groups is 1. The zero-order chi connectivity index (χ0) is 18.7. The molecule has 0 bridgehead atoms. The predicted octanol–water partition coefficient (Wildman–Crippen LogP) is 3.41. The molecule has 2 aromatic heterocycles. The molecule has 2 aromatic rings. The van der Waals surface area contributed by atoms with E-state index in [2.05, 4.69) is 4.57 Å². The van der Waals surface area contributed by atoms with Gasteiger partial charge in [-0.2, -0.15) is 0 Å². The summed E-state index contributed by atoms with van der Waals surface area (Å²) in [6.45, 7) is 12.9. The molecule has 2 rings (SSSR count). The Kier molecular flexibility index (Phi) is 6.25. The van der Waals surface area contributed by atoms with Gasteiger partial charge in [-0.05, 0) is 59.7 Å². The minimum Gasteiger partial charge on any atom is -0.467 e. The molecular formula is C20H30N2O3. The quantitative estimate of drug-likeness (QED) is 0.744. The van der Waals surface area contributed by atoms with E-state index in [1.165, 1.54) is 0 Å². The number of furan rings is 1. The minimum atomic E-state index is -0.468. The highest BCUT2D eigenvalue weighted by atomic mass is 16.3. The van der Waals surface area contributed by atoms with Gasteiger partial charge in [0.05, 0.1) is 25.0 Å². The maximum atomic E-state index is 13.1. The summed E-state index contributed by atoms with van der Waals surface area (Å²) in [6, 6.07) is 5.66. The first-order valence-corrected chi connectivity index (χ1v) is 8.89. The molecule has 0 aliphatic heterocycles. The number of ketones is 1. The fraction of sp³-hybridized carbons (Fsp3) is 0.550. The van der Waals surface area contributed by atoms with Crippen LogP contribution >= 0.6 is 0 Å². The van der Waals surface area contributed by atoms with Crippen LogP contribution in [0.4, 0.5) is 0 Å². The Balaban J connectivity index is 2.26. The fourth-order valence-electron chi connectivity index (χ4n) is 3.35. The Morgan fingerprint density at radius 1 is 1.28 bits per heavy atom. The predicted molar refractivity (Wildman–Crippen MR) is 99.0 cm³/mol. The molecule has 138 valence electrons. The molecule has 0 fully saturated rings. The van der Waals surface area contributed by atoms with Crippen molar-refractivity contribution in [2.75, 3.05) is 6.54 Å². The Morgan fingerprint density at radius 2 is 1.96 bits per heavy atom. The van der Waals surface area contributed by atoms with Crippen molar-refractivity contribution in [3.63, 3.8) is 0 Å². The third-order valence-electron chi connectivity index (χ3n) is 4.75. The number of hydrogen-bond donors (Lipinski definition) is 1. The molecule has 0 saturated carbocycles. The van der Waals surface area contributed by atoms with E-state index in [1.54, 1.807) is 13.2 Å². The van der Waals surface area contributed by atoms with Crippen LogP contribution < -0.4 is 0 Å². The summed E-state index contributed by atoms with van der Waals surface area (Å²) in [6.07, 6.45) is 1.19. The number of aryl methyl sites for hydroxylation is 1. The largest absolute Gasteiger partial charge is 0.467 e. The average Bonchev–Trinajstić information content (AvgIpc) is 3.14. The second kappa shape index (κ2) is 8.02. The summed E-state index contributed by atoms with van der Waals surface area (Å²) in [4.78, 5) is 15.1. The van der Waals surface area contributed by atoms with E-state index in [-0.39, 0.29) is 17.9 Å². The first-order chi connectivity index (χ1) is 11.7. The van der Waals surface area contributed by atoms with Crippen LogP contribution in [0, 0.1) is 13.8 Å². The summed E-state index contributed by atoms with van der Waals surface area (Å²) < 4.78 is 7.54. The number of rotatable bonds is 8. The molecule has 0 saturated heterocycles. The van der Waals surface area contributed by atoms with Crippen molar-refractivity contribution < 1.29 is 14.3 Å². The van der Waals surface area contributed by atoms with E-state index >= 15 is 0 Å². The van der Waals surface area contributed by atoms with Crippen molar-refractivity contribution in [2.24, 2.45) is 0 Å². The third kappa shape index (κ3) is 4.41. The zero-order valence-corrected chi connectivity index (χ0v) is 16.1. The molecule has 2 atom stereocenters. The smallest absolute Gasteiger partial charge is 0.181 e. The molecule has 0 spiro atoms. The van der Waals surface area contributed by atoms with Crippen LogP contribution in [0.1, 0.15) is 55.2 Å². The van der Waals surface area contributed by atoms with Crippen LogP contribution in [-0.2, 0) is 6.54 Å². The van der Waals surface area contributed by atoms with E-state index in [9.17, 15) is 9.90 Å². The number of aliphatic hydroxyl groups is 1. The third-order valence-corrected chi connectivity index (χ3v) is 4.75. The lowest BCUT2D eigenvalue weighted by Crippen LogP contribution is -2.46. The number of aromatic nitrogens is 1. The molecule has 1 N–H and O–H groups in total. The lowest BCUT2D eigenvalue weighted by atomic mass is 10.0. The van der Waals surface area contributed by atoms with E-state index in [1.807, 2.05) is 57.7 Å². The Bertz CT molecular complexity index is 699. The molecular weight excluding hydrogens is 316 g/mol. The standard InChI is InChI=1S/C20H30N2O3/c1-13(2)21(11-15(4)23)17(6)20(24)19-10-14(3)22(16(19)5)12-18-8-7-9-25-18/h7-10,13,15,17,23H,11-12H2,1-6H3. The first kappa shape index (κ1) is 19.5. The lowest BCUT2D eigenvalue weighted by molar-refractivity contribution is 0.0618. The number of aliphatic hydroxyl groups excluding tert-OH is 1. The molecule has 5 nitrogen and oxygen atoms in total. The lowest BCUT2D eigenvalue weighted by Gasteiger charge is -2.32. The molecule has 25 heavy (non-hydrogen) atoms. The van der Waals surface area contributed by atoms with Gasteiger partial charge in [0.1, 0.15) is 5.76 Å². The zero-order valence-electron chi connectivity index (χ0n) is 16.1. The second-order valence-electron chi connectivity index (χ2n) is 7.13. The van der Waals surface area contributed by atoms with E-state index in [4.69, 9.17) is 4.42 Å². The van der Waals surface area contributed by atoms with Crippen LogP contribution in [0.2, 0.25) is 0 Å². The van der Waals surface area contributed by atoms with Gasteiger partial charge in [-0.15, -0.1) is 0 Å². The van der Waals surface area contributed by atoms with E-state index < -0.39 is 6.10 Å². The Morgan fingerprint density at radius 3 is 2.48 bits per heavy atom. The van der Waals surface area contributed by atoms with Crippen LogP contribution in [0.3, 0.4) is 0 Å². The molecule has 2 unspecified atom stereocenters. The van der Waals surface area contributed by atoms with Crippen LogP contribution in [0.25, 0.3) is 0 Å². The highest BCUT2D eigenvalue weighted by Gasteiger charge is 2.28. The highest BCUT2D eigenvalue weighted by molar-refractivity contribution is 6.01. The van der Waals surface area contributed by atoms with Crippen LogP contribution in [-0.4, -0.2) is 45.1 Å². The molecule has 5 heteroatoms. The van der Waals surface area contributed by atoms with Gasteiger partial charge >= 0.3 is 0 Å². The molecule has 0 amide bonds. The van der Waals surface area contributed by atoms with Crippen molar-refractivity contribution in [2.45, 2.75) is 66.3 Å². The van der Waals surface area contributed by atoms with Gasteiger partial charge < -0.3 is 14.1 Å². The monoisotopic (exact) mass is 346 g/mol. The maximum Gasteiger partial charge on any atom is 0.181 e. The topological polar surface area (TPSA) is 58.6 Å². The first-order valence-electron chi connectivity index (χ1n) is 8.89. The van der Waals surface area contributed by atoms with Crippen LogP contribution in [0.15, 0.2) is 28.9 Å². The molecule has 2 heterocycles. The maximum absolute atomic E-state index is 13.1. The highest BCUT2D eigenvalue weighted by Crippen LogP contribution is 2.21. The van der Waals surface area contributed by atoms with Gasteiger partial charge in [-0.1, -0.05) is 0 Å². The van der Waals surface area contributed by atoms with Gasteiger partial charge in [-0.25, -0.2) is 0 Å². The summed E-state index contributed by atoms with van der Waals surface area (Å²) in [5.41, 5.74) is 2.73. The Hall–Kier alpha value is -1.85. The SMILES string of the molecule is Cc1cc(C(=O)C(C)N(CC(C)O)C(C)C)c(C)n1Cc1ccco1. The fourth-order valence-corrected chi connectivity index (χ4v) is 3.35. The van der Waals surface area contributed by atoms with Crippen molar-refractivity contribution in [1.29, 1.82) is 0 Å². The number of nitrogens with zero attached hydrogens (tertiary/aromatic N) is 2. The number of carbonyl (C=O) groups excluding carboxylic acids is 1. The van der Waals surface area contributed by atoms with E-state index in [0.29, 0.717) is 13.1 Å². The van der Waals surface area contributed by atoms with E-state index in [0.717, 1.165) is 22.7 Å². The van der Waals surface area contributed by atoms with Crippen molar-refractivity contribution >= 4 is 5.78 Å². The summed E-state index contributed by atoms with van der Waals surface area (Å²) >= 11 is 0. The van der Waals surface area contributed by atoms with Gasteiger partial charge in [0.15, 0.2) is 5.78 Å². The molecule has 0 radical (unpaired) electrons. The average molecular weight is 346 g/mol. The molecule has 0 aliphatic rings. The van der Waals surface area contributed by atoms with Crippen molar-refractivity contribution in [3.8, 4) is 0 Å². The van der Waals surface area contributed by atoms with Crippen molar-refractivity contribution in [1.82, 2.24) is 9.47 Å². The van der Waals surface area contributed by atoms with Crippen LogP contribution in [0.5, 0.6) is 0 Å². The Labute approximate surface area is 150 Å². The normalized spacial score (nSPS) is 14.3.